The second kappa shape index (κ2) is 10.3. The number of anilines is 1. The van der Waals surface area contributed by atoms with Gasteiger partial charge in [-0.15, -0.1) is 11.3 Å². The van der Waals surface area contributed by atoms with E-state index in [1.165, 1.54) is 22.5 Å². The molecule has 0 bridgehead atoms. The Balaban J connectivity index is 1.65. The van der Waals surface area contributed by atoms with Crippen LogP contribution in [-0.4, -0.2) is 73.7 Å². The van der Waals surface area contributed by atoms with Crippen molar-refractivity contribution in [2.75, 3.05) is 51.2 Å². The predicted octanol–water partition coefficient (Wildman–Crippen LogP) is 3.69. The van der Waals surface area contributed by atoms with Gasteiger partial charge in [-0.05, 0) is 38.6 Å². The number of carbonyl (C=O) groups is 2. The first-order valence-corrected chi connectivity index (χ1v) is 10.8. The molecule has 0 unspecified atom stereocenters. The van der Waals surface area contributed by atoms with Crippen molar-refractivity contribution in [3.8, 4) is 11.3 Å². The molecule has 3 rings (SSSR count). The molecule has 0 aromatic carbocycles. The van der Waals surface area contributed by atoms with E-state index in [4.69, 9.17) is 9.15 Å². The molecule has 2 aromatic rings. The summed E-state index contributed by atoms with van der Waals surface area (Å²) in [6.07, 6.45) is -2.21. The first-order chi connectivity index (χ1) is 14.8. The van der Waals surface area contributed by atoms with Crippen LogP contribution in [0.15, 0.2) is 28.2 Å². The van der Waals surface area contributed by atoms with Crippen LogP contribution >= 0.6 is 11.3 Å². The third kappa shape index (κ3) is 6.55. The Kier molecular flexibility index (Phi) is 7.74. The van der Waals surface area contributed by atoms with Crippen LogP contribution in [0.25, 0.3) is 11.3 Å². The number of nitrogens with one attached hydrogen (secondary N) is 1. The molecule has 3 heterocycles. The molecule has 0 atom stereocenters. The van der Waals surface area contributed by atoms with Crippen molar-refractivity contribution in [1.29, 1.82) is 0 Å². The molecule has 1 aliphatic rings. The highest BCUT2D eigenvalue weighted by molar-refractivity contribution is 7.15. The van der Waals surface area contributed by atoms with Gasteiger partial charge in [-0.2, -0.15) is 13.2 Å². The molecule has 0 radical (unpaired) electrons. The summed E-state index contributed by atoms with van der Waals surface area (Å²) in [5.41, 5.74) is 0.753. The van der Waals surface area contributed by atoms with Gasteiger partial charge in [0.05, 0.1) is 26.0 Å². The van der Waals surface area contributed by atoms with E-state index >= 15 is 0 Å². The molecule has 0 spiro atoms. The van der Waals surface area contributed by atoms with Crippen molar-refractivity contribution in [1.82, 2.24) is 9.80 Å². The lowest BCUT2D eigenvalue weighted by Gasteiger charge is -2.22. The van der Waals surface area contributed by atoms with Crippen molar-refractivity contribution in [3.05, 3.63) is 29.3 Å². The van der Waals surface area contributed by atoms with E-state index in [0.29, 0.717) is 42.4 Å². The molecular weight excluding hydrogens is 435 g/mol. The Labute approximate surface area is 181 Å². The summed E-state index contributed by atoms with van der Waals surface area (Å²) in [5, 5.41) is 4.81. The normalized spacial score (nSPS) is 16.1. The minimum absolute atomic E-state index is 0.0239. The molecule has 170 valence electrons. The second-order valence-corrected chi connectivity index (χ2v) is 8.00. The number of thiophene rings is 1. The van der Waals surface area contributed by atoms with Gasteiger partial charge in [0.15, 0.2) is 0 Å². The predicted molar refractivity (Wildman–Crippen MR) is 110 cm³/mol. The Morgan fingerprint density at radius 1 is 1.23 bits per heavy atom. The minimum atomic E-state index is -4.24. The van der Waals surface area contributed by atoms with Gasteiger partial charge in [0.2, 0.25) is 5.91 Å². The molecule has 1 saturated heterocycles. The van der Waals surface area contributed by atoms with Crippen LogP contribution in [0.1, 0.15) is 23.7 Å². The Morgan fingerprint density at radius 2 is 1.97 bits per heavy atom. The maximum atomic E-state index is 12.6. The summed E-state index contributed by atoms with van der Waals surface area (Å²) in [6.45, 7) is 2.41. The fourth-order valence-electron chi connectivity index (χ4n) is 3.43. The monoisotopic (exact) mass is 459 g/mol. The standard InChI is InChI=1S/C20H24F3N3O4S/c1-2-29-19(28)17-14(15-5-3-10-30-15)12-31-18(17)24-16(27)11-25-6-4-7-26(9-8-25)13-20(21,22)23/h3,5,10,12H,2,4,6-9,11,13H2,1H3,(H,24,27). The van der Waals surface area contributed by atoms with Crippen molar-refractivity contribution < 1.29 is 31.9 Å². The Hall–Kier alpha value is -2.37. The highest BCUT2D eigenvalue weighted by Gasteiger charge is 2.31. The quantitative estimate of drug-likeness (QED) is 0.637. The zero-order valence-corrected chi connectivity index (χ0v) is 17.9. The highest BCUT2D eigenvalue weighted by Crippen LogP contribution is 2.36. The second-order valence-electron chi connectivity index (χ2n) is 7.12. The van der Waals surface area contributed by atoms with E-state index in [2.05, 4.69) is 5.32 Å². The fourth-order valence-corrected chi connectivity index (χ4v) is 4.39. The lowest BCUT2D eigenvalue weighted by atomic mass is 10.1. The first kappa shape index (κ1) is 23.3. The zero-order chi connectivity index (χ0) is 22.4. The van der Waals surface area contributed by atoms with E-state index < -0.39 is 18.7 Å². The molecule has 7 nitrogen and oxygen atoms in total. The van der Waals surface area contributed by atoms with Gasteiger partial charge in [0.25, 0.3) is 0 Å². The largest absolute Gasteiger partial charge is 0.464 e. The number of hydrogen-bond donors (Lipinski definition) is 1. The van der Waals surface area contributed by atoms with Crippen molar-refractivity contribution in [2.45, 2.75) is 19.5 Å². The number of carbonyl (C=O) groups excluding carboxylic acids is 2. The molecule has 2 aromatic heterocycles. The molecular formula is C20H24F3N3O4S. The molecule has 0 aliphatic carbocycles. The van der Waals surface area contributed by atoms with Gasteiger partial charge < -0.3 is 14.5 Å². The average molecular weight is 459 g/mol. The van der Waals surface area contributed by atoms with Gasteiger partial charge in [0.1, 0.15) is 16.3 Å². The smallest absolute Gasteiger partial charge is 0.401 e. The van der Waals surface area contributed by atoms with Gasteiger partial charge in [-0.25, -0.2) is 4.79 Å². The van der Waals surface area contributed by atoms with Gasteiger partial charge in [-0.3, -0.25) is 14.6 Å². The first-order valence-electron chi connectivity index (χ1n) is 9.90. The fraction of sp³-hybridized carbons (Fsp3) is 0.500. The lowest BCUT2D eigenvalue weighted by molar-refractivity contribution is -0.145. The average Bonchev–Trinajstić information content (AvgIpc) is 3.29. The summed E-state index contributed by atoms with van der Waals surface area (Å²) in [4.78, 5) is 28.3. The van der Waals surface area contributed by atoms with Crippen LogP contribution < -0.4 is 5.32 Å². The maximum Gasteiger partial charge on any atom is 0.401 e. The van der Waals surface area contributed by atoms with Gasteiger partial charge >= 0.3 is 12.1 Å². The van der Waals surface area contributed by atoms with E-state index in [-0.39, 0.29) is 31.2 Å². The molecule has 0 saturated carbocycles. The number of rotatable bonds is 7. The van der Waals surface area contributed by atoms with Gasteiger partial charge in [0, 0.05) is 24.0 Å². The molecule has 1 aliphatic heterocycles. The van der Waals surface area contributed by atoms with Crippen LogP contribution in [0.4, 0.5) is 18.2 Å². The number of alkyl halides is 3. The van der Waals surface area contributed by atoms with E-state index in [0.717, 1.165) is 0 Å². The molecule has 31 heavy (non-hydrogen) atoms. The molecule has 11 heteroatoms. The minimum Gasteiger partial charge on any atom is -0.464 e. The molecule has 1 amide bonds. The van der Waals surface area contributed by atoms with Gasteiger partial charge in [-0.1, -0.05) is 0 Å². The lowest BCUT2D eigenvalue weighted by Crippen LogP contribution is -2.39. The zero-order valence-electron chi connectivity index (χ0n) is 17.0. The van der Waals surface area contributed by atoms with Crippen LogP contribution in [-0.2, 0) is 9.53 Å². The summed E-state index contributed by atoms with van der Waals surface area (Å²) < 4.78 is 48.4. The van der Waals surface area contributed by atoms with Crippen LogP contribution in [0.2, 0.25) is 0 Å². The number of halogens is 3. The van der Waals surface area contributed by atoms with Crippen molar-refractivity contribution >= 4 is 28.2 Å². The number of furan rings is 1. The van der Waals surface area contributed by atoms with E-state index in [9.17, 15) is 22.8 Å². The molecule has 1 N–H and O–H groups in total. The van der Waals surface area contributed by atoms with Crippen molar-refractivity contribution in [3.63, 3.8) is 0 Å². The third-order valence-electron chi connectivity index (χ3n) is 4.76. The SMILES string of the molecule is CCOC(=O)c1c(-c2ccco2)csc1NC(=O)CN1CCCN(CC(F)(F)F)CC1. The Bertz CT molecular complexity index is 883. The summed E-state index contributed by atoms with van der Waals surface area (Å²) in [7, 11) is 0. The number of ether oxygens (including phenoxy) is 1. The van der Waals surface area contributed by atoms with E-state index in [1.54, 1.807) is 24.4 Å². The number of esters is 1. The van der Waals surface area contributed by atoms with Crippen molar-refractivity contribution in [2.24, 2.45) is 0 Å². The molecule has 1 fully saturated rings. The van der Waals surface area contributed by atoms with E-state index in [1.807, 2.05) is 4.90 Å². The number of amides is 1. The Morgan fingerprint density at radius 3 is 2.65 bits per heavy atom. The summed E-state index contributed by atoms with van der Waals surface area (Å²) in [5.74, 6) is -0.428. The van der Waals surface area contributed by atoms with Crippen LogP contribution in [0, 0.1) is 0 Å². The topological polar surface area (TPSA) is 75.0 Å². The van der Waals surface area contributed by atoms with Crippen LogP contribution in [0.3, 0.4) is 0 Å². The summed E-state index contributed by atoms with van der Waals surface area (Å²) >= 11 is 1.19. The van der Waals surface area contributed by atoms with Crippen LogP contribution in [0.5, 0.6) is 0 Å². The highest BCUT2D eigenvalue weighted by atomic mass is 32.1. The third-order valence-corrected chi connectivity index (χ3v) is 5.66. The number of nitrogens with zero attached hydrogens (tertiary/aromatic N) is 2. The maximum absolute atomic E-state index is 12.6. The number of hydrogen-bond acceptors (Lipinski definition) is 7. The summed E-state index contributed by atoms with van der Waals surface area (Å²) in [6, 6.07) is 3.40.